The quantitative estimate of drug-likeness (QED) is 0.522. The number of hydrogen-bond donors (Lipinski definition) is 2. The van der Waals surface area contributed by atoms with Gasteiger partial charge in [-0.05, 0) is 12.8 Å². The molecular weight excluding hydrogens is 340 g/mol. The molecule has 0 atom stereocenters. The van der Waals surface area contributed by atoms with Crippen molar-refractivity contribution >= 4 is 33.6 Å². The van der Waals surface area contributed by atoms with E-state index in [9.17, 15) is 0 Å². The van der Waals surface area contributed by atoms with Crippen LogP contribution in [0.4, 0.5) is 0 Å². The average molecular weight is 363 g/mol. The van der Waals surface area contributed by atoms with E-state index in [4.69, 9.17) is 0 Å². The molecule has 0 aliphatic rings. The first-order valence-electron chi connectivity index (χ1n) is 8.03. The van der Waals surface area contributed by atoms with Crippen LogP contribution in [0.15, 0.2) is 28.1 Å². The summed E-state index contributed by atoms with van der Waals surface area (Å²) in [4.78, 5) is 14.8. The molecule has 0 spiro atoms. The van der Waals surface area contributed by atoms with E-state index in [0.29, 0.717) is 19.0 Å². The van der Waals surface area contributed by atoms with E-state index < -0.39 is 0 Å². The number of thiazole rings is 2. The third kappa shape index (κ3) is 4.12. The second kappa shape index (κ2) is 7.76. The zero-order valence-electron chi connectivity index (χ0n) is 14.1. The molecule has 0 fully saturated rings. The third-order valence-electron chi connectivity index (χ3n) is 3.45. The number of rotatable bonds is 6. The van der Waals surface area contributed by atoms with Gasteiger partial charge in [-0.1, -0.05) is 13.8 Å². The molecule has 24 heavy (non-hydrogen) atoms. The summed E-state index contributed by atoms with van der Waals surface area (Å²) in [6, 6.07) is 0. The second-order valence-corrected chi connectivity index (χ2v) is 7.51. The summed E-state index contributed by atoms with van der Waals surface area (Å²) in [5.41, 5.74) is 2.12. The molecule has 0 amide bonds. The number of aromatic nitrogens is 3. The van der Waals surface area contributed by atoms with Crippen molar-refractivity contribution in [3.63, 3.8) is 0 Å². The Morgan fingerprint density at radius 2 is 2.17 bits per heavy atom. The second-order valence-electron chi connectivity index (χ2n) is 5.69. The highest BCUT2D eigenvalue weighted by Gasteiger charge is 2.07. The largest absolute Gasteiger partial charge is 0.357 e. The Hall–Kier alpha value is -1.93. The highest BCUT2D eigenvalue weighted by Crippen LogP contribution is 2.17. The number of hydrogen-bond acceptors (Lipinski definition) is 5. The van der Waals surface area contributed by atoms with Crippen LogP contribution < -0.4 is 10.6 Å². The number of guanidine groups is 1. The number of fused-ring (bicyclic) bond motifs is 1. The SMILES string of the molecule is CCNC(=NCc1cn2ccsc2n1)NCc1nc(C(C)C)cs1. The van der Waals surface area contributed by atoms with Gasteiger partial charge in [-0.2, -0.15) is 0 Å². The molecule has 3 rings (SSSR count). The average Bonchev–Trinajstić information content (AvgIpc) is 3.25. The first-order valence-corrected chi connectivity index (χ1v) is 9.79. The van der Waals surface area contributed by atoms with E-state index in [1.807, 2.05) is 22.2 Å². The lowest BCUT2D eigenvalue weighted by molar-refractivity contribution is 0.787. The van der Waals surface area contributed by atoms with Gasteiger partial charge in [0.2, 0.25) is 0 Å². The van der Waals surface area contributed by atoms with Crippen LogP contribution in [0, 0.1) is 0 Å². The molecule has 0 aromatic carbocycles. The number of nitrogens with one attached hydrogen (secondary N) is 2. The fourth-order valence-electron chi connectivity index (χ4n) is 2.18. The molecule has 3 aromatic heterocycles. The molecule has 0 radical (unpaired) electrons. The Balaban J connectivity index is 1.61. The summed E-state index contributed by atoms with van der Waals surface area (Å²) in [5.74, 6) is 1.25. The molecule has 8 heteroatoms. The summed E-state index contributed by atoms with van der Waals surface area (Å²) >= 11 is 3.32. The van der Waals surface area contributed by atoms with Crippen LogP contribution in [-0.2, 0) is 13.1 Å². The summed E-state index contributed by atoms with van der Waals surface area (Å²) in [7, 11) is 0. The van der Waals surface area contributed by atoms with Gasteiger partial charge in [0.25, 0.3) is 0 Å². The van der Waals surface area contributed by atoms with Crippen molar-refractivity contribution in [3.8, 4) is 0 Å². The molecule has 0 unspecified atom stereocenters. The van der Waals surface area contributed by atoms with Crippen LogP contribution in [0.5, 0.6) is 0 Å². The normalized spacial score (nSPS) is 12.2. The summed E-state index contributed by atoms with van der Waals surface area (Å²) in [6.07, 6.45) is 4.03. The Labute approximate surface area is 149 Å². The van der Waals surface area contributed by atoms with Crippen molar-refractivity contribution in [3.05, 3.63) is 39.5 Å². The first kappa shape index (κ1) is 16.9. The topological polar surface area (TPSA) is 66.6 Å². The van der Waals surface area contributed by atoms with Gasteiger partial charge in [0.15, 0.2) is 10.9 Å². The number of aliphatic imine (C=N–C) groups is 1. The molecule has 3 aromatic rings. The summed E-state index contributed by atoms with van der Waals surface area (Å²) < 4.78 is 2.03. The lowest BCUT2D eigenvalue weighted by Crippen LogP contribution is -2.36. The van der Waals surface area contributed by atoms with E-state index in [-0.39, 0.29) is 0 Å². The van der Waals surface area contributed by atoms with Gasteiger partial charge in [-0.3, -0.25) is 4.40 Å². The van der Waals surface area contributed by atoms with E-state index >= 15 is 0 Å². The molecule has 6 nitrogen and oxygen atoms in total. The van der Waals surface area contributed by atoms with Crippen LogP contribution in [0.2, 0.25) is 0 Å². The fraction of sp³-hybridized carbons (Fsp3) is 0.438. The van der Waals surface area contributed by atoms with E-state index in [1.54, 1.807) is 22.7 Å². The standard InChI is InChI=1S/C16H22N6S2/c1-4-17-15(19-8-14-21-13(10-24-14)11(2)3)18-7-12-9-22-5-6-23-16(22)20-12/h5-6,9-11H,4,7-8H2,1-3H3,(H2,17,18,19). The first-order chi connectivity index (χ1) is 11.7. The Morgan fingerprint density at radius 3 is 2.88 bits per heavy atom. The molecular formula is C16H22N6S2. The van der Waals surface area contributed by atoms with Crippen LogP contribution in [0.1, 0.15) is 43.1 Å². The highest BCUT2D eigenvalue weighted by atomic mass is 32.1. The Morgan fingerprint density at radius 1 is 1.29 bits per heavy atom. The van der Waals surface area contributed by atoms with Crippen molar-refractivity contribution in [2.45, 2.75) is 39.8 Å². The third-order valence-corrected chi connectivity index (χ3v) is 5.09. The lowest BCUT2D eigenvalue weighted by Gasteiger charge is -2.09. The van der Waals surface area contributed by atoms with Gasteiger partial charge in [0, 0.05) is 29.7 Å². The molecule has 3 heterocycles. The maximum Gasteiger partial charge on any atom is 0.193 e. The van der Waals surface area contributed by atoms with Gasteiger partial charge in [0.05, 0.1) is 24.5 Å². The highest BCUT2D eigenvalue weighted by molar-refractivity contribution is 7.15. The predicted molar refractivity (Wildman–Crippen MR) is 101 cm³/mol. The van der Waals surface area contributed by atoms with Crippen molar-refractivity contribution in [2.75, 3.05) is 6.54 Å². The maximum atomic E-state index is 4.64. The van der Waals surface area contributed by atoms with Crippen LogP contribution >= 0.6 is 22.7 Å². The van der Waals surface area contributed by atoms with Gasteiger partial charge in [-0.15, -0.1) is 22.7 Å². The zero-order valence-corrected chi connectivity index (χ0v) is 15.7. The minimum absolute atomic E-state index is 0.465. The van der Waals surface area contributed by atoms with Crippen molar-refractivity contribution in [1.29, 1.82) is 0 Å². The molecule has 0 saturated heterocycles. The minimum Gasteiger partial charge on any atom is -0.357 e. The molecule has 0 aliphatic heterocycles. The maximum absolute atomic E-state index is 4.64. The van der Waals surface area contributed by atoms with Crippen LogP contribution in [-0.4, -0.2) is 26.9 Å². The van der Waals surface area contributed by atoms with Gasteiger partial charge in [-0.25, -0.2) is 15.0 Å². The van der Waals surface area contributed by atoms with Crippen molar-refractivity contribution < 1.29 is 0 Å². The predicted octanol–water partition coefficient (Wildman–Crippen LogP) is 3.23. The van der Waals surface area contributed by atoms with Gasteiger partial charge >= 0.3 is 0 Å². The van der Waals surface area contributed by atoms with E-state index in [0.717, 1.165) is 33.9 Å². The fourth-order valence-corrected chi connectivity index (χ4v) is 3.80. The molecule has 128 valence electrons. The molecule has 0 saturated carbocycles. The zero-order chi connectivity index (χ0) is 16.9. The number of nitrogens with zero attached hydrogens (tertiary/aromatic N) is 4. The summed E-state index contributed by atoms with van der Waals surface area (Å²) in [6.45, 7) is 8.44. The Bertz CT molecular complexity index is 785. The minimum atomic E-state index is 0.465. The summed E-state index contributed by atoms with van der Waals surface area (Å²) in [5, 5.41) is 11.8. The molecule has 2 N–H and O–H groups in total. The van der Waals surface area contributed by atoms with Gasteiger partial charge in [0.1, 0.15) is 5.01 Å². The smallest absolute Gasteiger partial charge is 0.193 e. The van der Waals surface area contributed by atoms with E-state index in [1.165, 1.54) is 0 Å². The van der Waals surface area contributed by atoms with Crippen molar-refractivity contribution in [1.82, 2.24) is 25.0 Å². The monoisotopic (exact) mass is 362 g/mol. The van der Waals surface area contributed by atoms with Crippen LogP contribution in [0.3, 0.4) is 0 Å². The number of imidazole rings is 1. The lowest BCUT2D eigenvalue weighted by atomic mass is 10.2. The van der Waals surface area contributed by atoms with Crippen molar-refractivity contribution in [2.24, 2.45) is 4.99 Å². The Kier molecular flexibility index (Phi) is 5.47. The molecule has 0 aliphatic carbocycles. The van der Waals surface area contributed by atoms with Crippen LogP contribution in [0.25, 0.3) is 4.96 Å². The van der Waals surface area contributed by atoms with Gasteiger partial charge < -0.3 is 10.6 Å². The molecule has 0 bridgehead atoms. The van der Waals surface area contributed by atoms with E-state index in [2.05, 4.69) is 51.7 Å².